The van der Waals surface area contributed by atoms with Gasteiger partial charge in [-0.1, -0.05) is 12.1 Å². The zero-order valence-electron chi connectivity index (χ0n) is 17.2. The molecule has 1 saturated heterocycles. The summed E-state index contributed by atoms with van der Waals surface area (Å²) in [5.74, 6) is 0. The van der Waals surface area contributed by atoms with Crippen molar-refractivity contribution in [1.29, 1.82) is 0 Å². The SMILES string of the molecule is CCOCC1(CCc2ccccn2)CCN(C(C)(C)c2ccc(C)nc2)C1. The summed E-state index contributed by atoms with van der Waals surface area (Å²) in [5, 5.41) is 0. The van der Waals surface area contributed by atoms with E-state index in [-0.39, 0.29) is 11.0 Å². The average Bonchev–Trinajstić information content (AvgIpc) is 3.12. The Morgan fingerprint density at radius 2 is 2.04 bits per heavy atom. The molecule has 0 radical (unpaired) electrons. The van der Waals surface area contributed by atoms with E-state index in [0.717, 1.165) is 44.8 Å². The van der Waals surface area contributed by atoms with Gasteiger partial charge < -0.3 is 4.74 Å². The number of aryl methyl sites for hydroxylation is 2. The van der Waals surface area contributed by atoms with Gasteiger partial charge in [-0.25, -0.2) is 0 Å². The van der Waals surface area contributed by atoms with Gasteiger partial charge in [-0.15, -0.1) is 0 Å². The van der Waals surface area contributed by atoms with Crippen LogP contribution in [0.25, 0.3) is 0 Å². The molecule has 1 aliphatic rings. The number of ether oxygens (including phenoxy) is 1. The topological polar surface area (TPSA) is 38.2 Å². The second-order valence-electron chi connectivity index (χ2n) is 8.38. The molecule has 2 aromatic rings. The van der Waals surface area contributed by atoms with Gasteiger partial charge in [0.15, 0.2) is 0 Å². The lowest BCUT2D eigenvalue weighted by molar-refractivity contribution is 0.0383. The fourth-order valence-corrected chi connectivity index (χ4v) is 4.08. The molecule has 0 spiro atoms. The van der Waals surface area contributed by atoms with Crippen LogP contribution in [0.15, 0.2) is 42.7 Å². The third-order valence-corrected chi connectivity index (χ3v) is 6.10. The lowest BCUT2D eigenvalue weighted by Crippen LogP contribution is -2.42. The van der Waals surface area contributed by atoms with Gasteiger partial charge in [-0.2, -0.15) is 0 Å². The monoisotopic (exact) mass is 367 g/mol. The minimum absolute atomic E-state index is 0.0281. The van der Waals surface area contributed by atoms with Crippen LogP contribution in [-0.2, 0) is 16.7 Å². The summed E-state index contributed by atoms with van der Waals surface area (Å²) >= 11 is 0. The molecule has 4 heteroatoms. The van der Waals surface area contributed by atoms with Crippen LogP contribution in [0.1, 0.15) is 50.6 Å². The highest BCUT2D eigenvalue weighted by molar-refractivity contribution is 5.22. The molecule has 0 aromatic carbocycles. The molecule has 3 heterocycles. The van der Waals surface area contributed by atoms with Gasteiger partial charge >= 0.3 is 0 Å². The Kier molecular flexibility index (Phi) is 6.28. The number of likely N-dealkylation sites (tertiary alicyclic amines) is 1. The Morgan fingerprint density at radius 3 is 2.70 bits per heavy atom. The van der Waals surface area contributed by atoms with Crippen LogP contribution >= 0.6 is 0 Å². The summed E-state index contributed by atoms with van der Waals surface area (Å²) in [6.45, 7) is 12.5. The van der Waals surface area contributed by atoms with E-state index in [2.05, 4.69) is 59.9 Å². The quantitative estimate of drug-likeness (QED) is 0.694. The molecule has 0 amide bonds. The van der Waals surface area contributed by atoms with Crippen LogP contribution in [0.3, 0.4) is 0 Å². The molecule has 1 atom stereocenters. The second kappa shape index (κ2) is 8.49. The molecular formula is C23H33N3O. The zero-order chi connectivity index (χ0) is 19.3. The van der Waals surface area contributed by atoms with Crippen molar-refractivity contribution >= 4 is 0 Å². The number of hydrogen-bond acceptors (Lipinski definition) is 4. The van der Waals surface area contributed by atoms with Crippen molar-refractivity contribution in [2.75, 3.05) is 26.3 Å². The first kappa shape index (κ1) is 20.0. The number of hydrogen-bond donors (Lipinski definition) is 0. The van der Waals surface area contributed by atoms with E-state index in [9.17, 15) is 0 Å². The van der Waals surface area contributed by atoms with Crippen molar-refractivity contribution in [2.24, 2.45) is 5.41 Å². The van der Waals surface area contributed by atoms with E-state index in [0.29, 0.717) is 0 Å². The Hall–Kier alpha value is -1.78. The predicted octanol–water partition coefficient (Wildman–Crippen LogP) is 4.38. The van der Waals surface area contributed by atoms with Gasteiger partial charge in [0.05, 0.1) is 6.61 Å². The molecule has 1 aliphatic heterocycles. The molecule has 1 fully saturated rings. The number of pyridine rings is 2. The lowest BCUT2D eigenvalue weighted by Gasteiger charge is -2.38. The summed E-state index contributed by atoms with van der Waals surface area (Å²) in [6.07, 6.45) is 7.21. The zero-order valence-corrected chi connectivity index (χ0v) is 17.2. The molecule has 0 aliphatic carbocycles. The molecule has 27 heavy (non-hydrogen) atoms. The van der Waals surface area contributed by atoms with Gasteiger partial charge in [0.1, 0.15) is 0 Å². The maximum absolute atomic E-state index is 5.93. The Labute approximate surface area is 164 Å². The number of nitrogens with zero attached hydrogens (tertiary/aromatic N) is 3. The lowest BCUT2D eigenvalue weighted by atomic mass is 9.82. The van der Waals surface area contributed by atoms with Crippen molar-refractivity contribution < 1.29 is 4.74 Å². The van der Waals surface area contributed by atoms with Crippen LogP contribution in [0.4, 0.5) is 0 Å². The van der Waals surface area contributed by atoms with Crippen LogP contribution in [0, 0.1) is 12.3 Å². The van der Waals surface area contributed by atoms with Gasteiger partial charge in [-0.05, 0) is 77.3 Å². The minimum atomic E-state index is -0.0281. The van der Waals surface area contributed by atoms with Gasteiger partial charge in [0, 0.05) is 47.9 Å². The van der Waals surface area contributed by atoms with E-state index >= 15 is 0 Å². The van der Waals surface area contributed by atoms with Crippen molar-refractivity contribution in [3.05, 3.63) is 59.7 Å². The third kappa shape index (κ3) is 4.74. The molecule has 0 N–H and O–H groups in total. The summed E-state index contributed by atoms with van der Waals surface area (Å²) in [6, 6.07) is 10.5. The van der Waals surface area contributed by atoms with Crippen LogP contribution < -0.4 is 0 Å². The standard InChI is InChI=1S/C23H33N3O/c1-5-27-18-23(12-11-21-8-6-7-14-24-21)13-15-26(17-23)22(3,4)20-10-9-19(2)25-16-20/h6-10,14,16H,5,11-13,15,17-18H2,1-4H3. The normalized spacial score (nSPS) is 20.9. The first-order valence-electron chi connectivity index (χ1n) is 10.1. The van der Waals surface area contributed by atoms with E-state index in [4.69, 9.17) is 4.74 Å². The van der Waals surface area contributed by atoms with E-state index < -0.39 is 0 Å². The molecule has 0 saturated carbocycles. The van der Waals surface area contributed by atoms with E-state index in [1.165, 1.54) is 17.7 Å². The minimum Gasteiger partial charge on any atom is -0.381 e. The maximum atomic E-state index is 5.93. The van der Waals surface area contributed by atoms with Crippen LogP contribution in [0.5, 0.6) is 0 Å². The van der Waals surface area contributed by atoms with Crippen LogP contribution in [-0.4, -0.2) is 41.2 Å². The summed E-state index contributed by atoms with van der Waals surface area (Å²) in [7, 11) is 0. The first-order chi connectivity index (χ1) is 13.0. The van der Waals surface area contributed by atoms with Crippen molar-refractivity contribution in [3.63, 3.8) is 0 Å². The van der Waals surface area contributed by atoms with Gasteiger partial charge in [0.2, 0.25) is 0 Å². The van der Waals surface area contributed by atoms with Gasteiger partial charge in [0.25, 0.3) is 0 Å². The third-order valence-electron chi connectivity index (χ3n) is 6.10. The van der Waals surface area contributed by atoms with E-state index in [1.807, 2.05) is 25.4 Å². The molecule has 146 valence electrons. The fourth-order valence-electron chi connectivity index (χ4n) is 4.08. The summed E-state index contributed by atoms with van der Waals surface area (Å²) in [5.41, 5.74) is 3.69. The summed E-state index contributed by atoms with van der Waals surface area (Å²) < 4.78 is 5.93. The predicted molar refractivity (Wildman–Crippen MR) is 110 cm³/mol. The van der Waals surface area contributed by atoms with Crippen molar-refractivity contribution in [3.8, 4) is 0 Å². The smallest absolute Gasteiger partial charge is 0.0535 e. The Bertz CT molecular complexity index is 714. The molecule has 1 unspecified atom stereocenters. The molecule has 0 bridgehead atoms. The summed E-state index contributed by atoms with van der Waals surface area (Å²) in [4.78, 5) is 11.6. The molecule has 2 aromatic heterocycles. The highest BCUT2D eigenvalue weighted by Crippen LogP contribution is 2.41. The highest BCUT2D eigenvalue weighted by Gasteiger charge is 2.43. The molecular weight excluding hydrogens is 334 g/mol. The molecule has 4 nitrogen and oxygen atoms in total. The highest BCUT2D eigenvalue weighted by atomic mass is 16.5. The van der Waals surface area contributed by atoms with Crippen molar-refractivity contribution in [1.82, 2.24) is 14.9 Å². The first-order valence-corrected chi connectivity index (χ1v) is 10.1. The Balaban J connectivity index is 1.73. The second-order valence-corrected chi connectivity index (χ2v) is 8.38. The number of rotatable bonds is 8. The largest absolute Gasteiger partial charge is 0.381 e. The Morgan fingerprint density at radius 1 is 1.19 bits per heavy atom. The number of aromatic nitrogens is 2. The average molecular weight is 368 g/mol. The van der Waals surface area contributed by atoms with Crippen molar-refractivity contribution in [2.45, 2.75) is 52.5 Å². The fraction of sp³-hybridized carbons (Fsp3) is 0.565. The van der Waals surface area contributed by atoms with E-state index in [1.54, 1.807) is 0 Å². The van der Waals surface area contributed by atoms with Gasteiger partial charge in [-0.3, -0.25) is 14.9 Å². The van der Waals surface area contributed by atoms with Crippen LogP contribution in [0.2, 0.25) is 0 Å². The maximum Gasteiger partial charge on any atom is 0.0535 e. The molecule has 3 rings (SSSR count).